The number of nitrogens with one attached hydrogen (secondary N) is 1. The Balaban J connectivity index is 2.34. The molecule has 3 amide bonds. The number of hydrogen-bond donors (Lipinski definition) is 3. The second-order valence-corrected chi connectivity index (χ2v) is 2.57. The molecule has 0 aromatic carbocycles. The minimum Gasteiger partial charge on any atom is -0.350 e. The molecule has 5 N–H and O–H groups in total. The summed E-state index contributed by atoms with van der Waals surface area (Å²) in [6, 6.07) is -1.76. The quantitative estimate of drug-likeness (QED) is 0.434. The van der Waals surface area contributed by atoms with E-state index >= 15 is 0 Å². The van der Waals surface area contributed by atoms with Crippen molar-refractivity contribution in [1.82, 2.24) is 30.8 Å². The second kappa shape index (κ2) is 3.34. The number of hydrogen-bond acceptors (Lipinski definition) is 8. The van der Waals surface area contributed by atoms with Crippen molar-refractivity contribution in [2.24, 2.45) is 16.6 Å². The molecular formula is C4H6N10O2. The summed E-state index contributed by atoms with van der Waals surface area (Å²) < 4.78 is 0.664. The Bertz CT molecular complexity index is 463. The van der Waals surface area contributed by atoms with Gasteiger partial charge in [0.15, 0.2) is 0 Å². The molecule has 12 heteroatoms. The summed E-state index contributed by atoms with van der Waals surface area (Å²) in [6.45, 7) is 0. The highest BCUT2D eigenvalue weighted by molar-refractivity contribution is 5.88. The largest absolute Gasteiger partial charge is 0.350 e. The first-order valence-electron chi connectivity index (χ1n) is 3.87. The SMILES string of the molecule is NC(=O)N1C=NNN1c1nnnn1C(N)=O. The Hall–Kier alpha value is -2.92. The monoisotopic (exact) mass is 226 g/mol. The zero-order valence-electron chi connectivity index (χ0n) is 7.68. The predicted octanol–water partition coefficient (Wildman–Crippen LogP) is -2.84. The fourth-order valence-corrected chi connectivity index (χ4v) is 0.989. The van der Waals surface area contributed by atoms with Crippen LogP contribution < -0.4 is 22.1 Å². The van der Waals surface area contributed by atoms with Crippen LogP contribution in [0.3, 0.4) is 0 Å². The third kappa shape index (κ3) is 1.33. The molecular weight excluding hydrogens is 220 g/mol. The van der Waals surface area contributed by atoms with Crippen molar-refractivity contribution in [2.75, 3.05) is 5.12 Å². The van der Waals surface area contributed by atoms with Crippen LogP contribution in [0.15, 0.2) is 5.10 Å². The van der Waals surface area contributed by atoms with E-state index < -0.39 is 12.1 Å². The Morgan fingerprint density at radius 3 is 2.69 bits per heavy atom. The highest BCUT2D eigenvalue weighted by Gasteiger charge is 2.28. The average molecular weight is 226 g/mol. The Kier molecular flexibility index (Phi) is 2.01. The highest BCUT2D eigenvalue weighted by Crippen LogP contribution is 2.10. The lowest BCUT2D eigenvalue weighted by Crippen LogP contribution is -2.50. The molecule has 0 spiro atoms. The van der Waals surface area contributed by atoms with Gasteiger partial charge in [-0.2, -0.15) is 10.5 Å². The lowest BCUT2D eigenvalue weighted by molar-refractivity contribution is 0.225. The van der Waals surface area contributed by atoms with Gasteiger partial charge in [0.25, 0.3) is 5.95 Å². The predicted molar refractivity (Wildman–Crippen MR) is 48.3 cm³/mol. The number of carbonyl (C=O) groups is 2. The number of amides is 3. The van der Waals surface area contributed by atoms with E-state index in [9.17, 15) is 9.59 Å². The molecule has 0 atom stereocenters. The standard InChI is InChI=1S/C4H6N10O2/c5-2(15)12-1-7-10-14(12)4-8-9-11-13(4)3(6)16/h1,10H,(H2,5,15)(H2,6,16). The Labute approximate surface area is 87.4 Å². The summed E-state index contributed by atoms with van der Waals surface area (Å²) in [5, 5.41) is 15.4. The van der Waals surface area contributed by atoms with E-state index in [2.05, 4.69) is 26.2 Å². The zero-order valence-corrected chi connectivity index (χ0v) is 7.68. The van der Waals surface area contributed by atoms with Gasteiger partial charge in [-0.25, -0.2) is 9.59 Å². The van der Waals surface area contributed by atoms with Crippen molar-refractivity contribution >= 4 is 24.3 Å². The number of nitrogens with two attached hydrogens (primary N) is 2. The molecule has 0 fully saturated rings. The van der Waals surface area contributed by atoms with E-state index in [1.54, 1.807) is 0 Å². The van der Waals surface area contributed by atoms with Crippen LogP contribution in [0.4, 0.5) is 15.5 Å². The number of primary amides is 2. The number of anilines is 1. The van der Waals surface area contributed by atoms with Crippen molar-refractivity contribution in [3.05, 3.63) is 0 Å². The molecule has 2 rings (SSSR count). The third-order valence-electron chi connectivity index (χ3n) is 1.61. The summed E-state index contributed by atoms with van der Waals surface area (Å²) >= 11 is 0. The molecule has 0 saturated heterocycles. The van der Waals surface area contributed by atoms with Gasteiger partial charge in [-0.1, -0.05) is 5.10 Å². The first-order chi connectivity index (χ1) is 7.61. The average Bonchev–Trinajstić information content (AvgIpc) is 2.85. The number of hydrazone groups is 1. The van der Waals surface area contributed by atoms with Crippen LogP contribution in [-0.4, -0.2) is 43.6 Å². The fourth-order valence-electron chi connectivity index (χ4n) is 0.989. The van der Waals surface area contributed by atoms with Crippen molar-refractivity contribution in [3.63, 3.8) is 0 Å². The molecule has 2 heterocycles. The van der Waals surface area contributed by atoms with Gasteiger partial charge in [0.2, 0.25) is 0 Å². The number of nitrogens with zero attached hydrogens (tertiary/aromatic N) is 7. The topological polar surface area (TPSA) is 161 Å². The van der Waals surface area contributed by atoms with E-state index in [1.807, 2.05) is 0 Å². The summed E-state index contributed by atoms with van der Waals surface area (Å²) in [4.78, 5) is 21.9. The maximum Gasteiger partial charge on any atom is 0.344 e. The third-order valence-corrected chi connectivity index (χ3v) is 1.61. The van der Waals surface area contributed by atoms with Crippen molar-refractivity contribution < 1.29 is 9.59 Å². The molecule has 0 saturated carbocycles. The molecule has 12 nitrogen and oxygen atoms in total. The van der Waals surface area contributed by atoms with E-state index in [0.29, 0.717) is 4.68 Å². The molecule has 84 valence electrons. The molecule has 1 aromatic heterocycles. The van der Waals surface area contributed by atoms with Crippen LogP contribution >= 0.6 is 0 Å². The lowest BCUT2D eigenvalue weighted by Gasteiger charge is -2.21. The van der Waals surface area contributed by atoms with E-state index in [1.165, 1.54) is 0 Å². The van der Waals surface area contributed by atoms with Gasteiger partial charge in [-0.3, -0.25) is 0 Å². The molecule has 1 aromatic rings. The second-order valence-electron chi connectivity index (χ2n) is 2.57. The van der Waals surface area contributed by atoms with E-state index in [4.69, 9.17) is 11.5 Å². The van der Waals surface area contributed by atoms with Gasteiger partial charge in [0.1, 0.15) is 6.34 Å². The van der Waals surface area contributed by atoms with Crippen LogP contribution in [0.5, 0.6) is 0 Å². The van der Waals surface area contributed by atoms with Gasteiger partial charge < -0.3 is 11.5 Å². The Morgan fingerprint density at radius 2 is 2.06 bits per heavy atom. The van der Waals surface area contributed by atoms with Gasteiger partial charge in [-0.05, 0) is 10.4 Å². The lowest BCUT2D eigenvalue weighted by atomic mass is 10.8. The van der Waals surface area contributed by atoms with Gasteiger partial charge in [-0.15, -0.1) is 14.9 Å². The number of rotatable bonds is 1. The molecule has 0 unspecified atom stereocenters. The molecule has 1 aliphatic rings. The van der Waals surface area contributed by atoms with Gasteiger partial charge in [0, 0.05) is 0 Å². The minimum absolute atomic E-state index is 0.149. The molecule has 1 aliphatic heterocycles. The Morgan fingerprint density at radius 1 is 1.31 bits per heavy atom. The number of urea groups is 1. The number of hydrazine groups is 2. The maximum atomic E-state index is 11.0. The zero-order chi connectivity index (χ0) is 11.7. The summed E-state index contributed by atoms with van der Waals surface area (Å²) in [7, 11) is 0. The smallest absolute Gasteiger partial charge is 0.344 e. The molecule has 0 bridgehead atoms. The first kappa shape index (κ1) is 9.63. The van der Waals surface area contributed by atoms with Crippen LogP contribution in [-0.2, 0) is 0 Å². The van der Waals surface area contributed by atoms with Crippen molar-refractivity contribution in [3.8, 4) is 0 Å². The fraction of sp³-hybridized carbons (Fsp3) is 0. The van der Waals surface area contributed by atoms with Crippen molar-refractivity contribution in [2.45, 2.75) is 0 Å². The van der Waals surface area contributed by atoms with Crippen LogP contribution in [0, 0.1) is 0 Å². The highest BCUT2D eigenvalue weighted by atomic mass is 16.2. The minimum atomic E-state index is -0.918. The number of aromatic nitrogens is 4. The van der Waals surface area contributed by atoms with Crippen LogP contribution in [0.25, 0.3) is 0 Å². The maximum absolute atomic E-state index is 11.0. The summed E-state index contributed by atoms with van der Waals surface area (Å²) in [5.74, 6) is -0.149. The normalized spacial score (nSPS) is 14.0. The van der Waals surface area contributed by atoms with Gasteiger partial charge >= 0.3 is 12.1 Å². The van der Waals surface area contributed by atoms with Crippen LogP contribution in [0.1, 0.15) is 0 Å². The molecule has 0 radical (unpaired) electrons. The molecule has 0 aliphatic carbocycles. The number of tetrazole rings is 1. The van der Waals surface area contributed by atoms with E-state index in [0.717, 1.165) is 16.5 Å². The molecule has 16 heavy (non-hydrogen) atoms. The van der Waals surface area contributed by atoms with Crippen LogP contribution in [0.2, 0.25) is 0 Å². The van der Waals surface area contributed by atoms with Crippen molar-refractivity contribution in [1.29, 1.82) is 0 Å². The summed E-state index contributed by atoms with van der Waals surface area (Å²) in [5.41, 5.74) is 12.4. The van der Waals surface area contributed by atoms with E-state index in [-0.39, 0.29) is 5.95 Å². The summed E-state index contributed by atoms with van der Waals surface area (Å²) in [6.07, 6.45) is 1.09. The van der Waals surface area contributed by atoms with Gasteiger partial charge in [0.05, 0.1) is 0 Å². The number of carbonyl (C=O) groups excluding carboxylic acids is 2. The first-order valence-corrected chi connectivity index (χ1v) is 3.87.